The van der Waals surface area contributed by atoms with Crippen molar-refractivity contribution >= 4 is 12.0 Å². The molecule has 0 aliphatic rings. The summed E-state index contributed by atoms with van der Waals surface area (Å²) in [6.07, 6.45) is 2.06. The zero-order valence-corrected chi connectivity index (χ0v) is 9.04. The highest BCUT2D eigenvalue weighted by atomic mass is 16.5. The third-order valence-corrected chi connectivity index (χ3v) is 2.17. The van der Waals surface area contributed by atoms with Crippen molar-refractivity contribution in [1.82, 2.24) is 5.32 Å². The number of nitrogens with one attached hydrogen (secondary N) is 1. The van der Waals surface area contributed by atoms with Crippen molar-refractivity contribution in [2.45, 2.75) is 6.42 Å². The Balaban J connectivity index is 3.00. The third kappa shape index (κ3) is 2.84. The minimum Gasteiger partial charge on any atom is -0.496 e. The van der Waals surface area contributed by atoms with E-state index in [9.17, 15) is 4.79 Å². The van der Waals surface area contributed by atoms with Gasteiger partial charge in [-0.1, -0.05) is 18.7 Å². The Bertz CT molecular complexity index is 372. The Labute approximate surface area is 89.8 Å². The molecule has 0 radical (unpaired) electrons. The van der Waals surface area contributed by atoms with E-state index in [-0.39, 0.29) is 5.91 Å². The standard InChI is InChI=1S/C12H15NO2/c1-4-9-5-6-11(15-3)10(7-9)8-12(14)13-2/h4-7H,1,8H2,2-3H3,(H,13,14). The zero-order valence-electron chi connectivity index (χ0n) is 9.04. The summed E-state index contributed by atoms with van der Waals surface area (Å²) in [4.78, 5) is 11.3. The SMILES string of the molecule is C=Cc1ccc(OC)c(CC(=O)NC)c1. The molecule has 0 aliphatic heterocycles. The summed E-state index contributed by atoms with van der Waals surface area (Å²) < 4.78 is 5.18. The second-order valence-corrected chi connectivity index (χ2v) is 3.13. The molecular weight excluding hydrogens is 190 g/mol. The molecule has 0 spiro atoms. The van der Waals surface area contributed by atoms with Gasteiger partial charge in [0.15, 0.2) is 0 Å². The molecule has 1 aromatic rings. The number of hydrogen-bond acceptors (Lipinski definition) is 2. The lowest BCUT2D eigenvalue weighted by Crippen LogP contribution is -2.20. The van der Waals surface area contributed by atoms with Crippen LogP contribution < -0.4 is 10.1 Å². The van der Waals surface area contributed by atoms with Crippen molar-refractivity contribution < 1.29 is 9.53 Å². The summed E-state index contributed by atoms with van der Waals surface area (Å²) in [7, 11) is 3.21. The highest BCUT2D eigenvalue weighted by molar-refractivity contribution is 5.79. The maximum Gasteiger partial charge on any atom is 0.224 e. The van der Waals surface area contributed by atoms with Gasteiger partial charge in [0, 0.05) is 12.6 Å². The van der Waals surface area contributed by atoms with Crippen LogP contribution in [-0.4, -0.2) is 20.1 Å². The number of carbonyl (C=O) groups excluding carboxylic acids is 1. The van der Waals surface area contributed by atoms with Crippen LogP contribution in [0.25, 0.3) is 6.08 Å². The van der Waals surface area contributed by atoms with E-state index < -0.39 is 0 Å². The van der Waals surface area contributed by atoms with Crippen LogP contribution in [0.5, 0.6) is 5.75 Å². The summed E-state index contributed by atoms with van der Waals surface area (Å²) in [6, 6.07) is 5.65. The first-order valence-corrected chi connectivity index (χ1v) is 4.71. The van der Waals surface area contributed by atoms with E-state index in [1.165, 1.54) is 0 Å². The predicted molar refractivity (Wildman–Crippen MR) is 60.9 cm³/mol. The van der Waals surface area contributed by atoms with Gasteiger partial charge in [-0.3, -0.25) is 4.79 Å². The molecular formula is C12H15NO2. The van der Waals surface area contributed by atoms with E-state index in [1.54, 1.807) is 20.2 Å². The van der Waals surface area contributed by atoms with Gasteiger partial charge in [-0.05, 0) is 17.7 Å². The van der Waals surface area contributed by atoms with Crippen LogP contribution in [0, 0.1) is 0 Å². The van der Waals surface area contributed by atoms with Crippen molar-refractivity contribution in [1.29, 1.82) is 0 Å². The predicted octanol–water partition coefficient (Wildman–Crippen LogP) is 1.63. The maximum absolute atomic E-state index is 11.3. The summed E-state index contributed by atoms with van der Waals surface area (Å²) in [5, 5.41) is 2.58. The van der Waals surface area contributed by atoms with E-state index in [4.69, 9.17) is 4.74 Å². The molecule has 0 aliphatic carbocycles. The number of benzene rings is 1. The molecule has 1 N–H and O–H groups in total. The van der Waals surface area contributed by atoms with Gasteiger partial charge in [0.1, 0.15) is 5.75 Å². The Hall–Kier alpha value is -1.77. The van der Waals surface area contributed by atoms with E-state index in [0.29, 0.717) is 6.42 Å². The summed E-state index contributed by atoms with van der Waals surface area (Å²) >= 11 is 0. The van der Waals surface area contributed by atoms with Crippen molar-refractivity contribution in [2.24, 2.45) is 0 Å². The van der Waals surface area contributed by atoms with E-state index in [2.05, 4.69) is 11.9 Å². The van der Waals surface area contributed by atoms with Crippen LogP contribution in [0.4, 0.5) is 0 Å². The van der Waals surface area contributed by atoms with Crippen LogP contribution in [0.1, 0.15) is 11.1 Å². The Morgan fingerprint density at radius 3 is 2.87 bits per heavy atom. The number of ether oxygens (including phenoxy) is 1. The molecule has 0 heterocycles. The minimum atomic E-state index is -0.0329. The van der Waals surface area contributed by atoms with Crippen molar-refractivity contribution in [2.75, 3.05) is 14.2 Å². The second kappa shape index (κ2) is 5.20. The van der Waals surface area contributed by atoms with Crippen molar-refractivity contribution in [3.63, 3.8) is 0 Å². The normalized spacial score (nSPS) is 9.47. The molecule has 0 bridgehead atoms. The molecule has 0 unspecified atom stereocenters. The first-order chi connectivity index (χ1) is 7.21. The quantitative estimate of drug-likeness (QED) is 0.811. The number of likely N-dealkylation sites (N-methyl/N-ethyl adjacent to an activating group) is 1. The van der Waals surface area contributed by atoms with Gasteiger partial charge in [-0.15, -0.1) is 0 Å². The number of rotatable bonds is 4. The lowest BCUT2D eigenvalue weighted by atomic mass is 10.1. The highest BCUT2D eigenvalue weighted by Gasteiger charge is 2.07. The van der Waals surface area contributed by atoms with Crippen molar-refractivity contribution in [3.05, 3.63) is 35.9 Å². The van der Waals surface area contributed by atoms with E-state index in [0.717, 1.165) is 16.9 Å². The monoisotopic (exact) mass is 205 g/mol. The van der Waals surface area contributed by atoms with Gasteiger partial charge < -0.3 is 10.1 Å². The molecule has 80 valence electrons. The largest absolute Gasteiger partial charge is 0.496 e. The molecule has 0 saturated carbocycles. The molecule has 15 heavy (non-hydrogen) atoms. The maximum atomic E-state index is 11.3. The van der Waals surface area contributed by atoms with Gasteiger partial charge in [0.05, 0.1) is 13.5 Å². The topological polar surface area (TPSA) is 38.3 Å². The Morgan fingerprint density at radius 2 is 2.33 bits per heavy atom. The first kappa shape index (κ1) is 11.3. The zero-order chi connectivity index (χ0) is 11.3. The average Bonchev–Trinajstić information content (AvgIpc) is 2.28. The summed E-state index contributed by atoms with van der Waals surface area (Å²) in [6.45, 7) is 3.69. The molecule has 0 fully saturated rings. The molecule has 1 aromatic carbocycles. The summed E-state index contributed by atoms with van der Waals surface area (Å²) in [5.41, 5.74) is 1.85. The number of methoxy groups -OCH3 is 1. The first-order valence-electron chi connectivity index (χ1n) is 4.71. The molecule has 1 rings (SSSR count). The van der Waals surface area contributed by atoms with Gasteiger partial charge in [0.2, 0.25) is 5.91 Å². The smallest absolute Gasteiger partial charge is 0.224 e. The highest BCUT2D eigenvalue weighted by Crippen LogP contribution is 2.20. The molecule has 1 amide bonds. The van der Waals surface area contributed by atoms with Crippen LogP contribution in [0.3, 0.4) is 0 Å². The van der Waals surface area contributed by atoms with E-state index in [1.807, 2.05) is 18.2 Å². The van der Waals surface area contributed by atoms with Crippen LogP contribution in [0.2, 0.25) is 0 Å². The van der Waals surface area contributed by atoms with Crippen molar-refractivity contribution in [3.8, 4) is 5.75 Å². The third-order valence-electron chi connectivity index (χ3n) is 2.17. The van der Waals surface area contributed by atoms with E-state index >= 15 is 0 Å². The molecule has 0 aromatic heterocycles. The van der Waals surface area contributed by atoms with Gasteiger partial charge in [-0.2, -0.15) is 0 Å². The van der Waals surface area contributed by atoms with Gasteiger partial charge in [0.25, 0.3) is 0 Å². The number of hydrogen-bond donors (Lipinski definition) is 1. The molecule has 0 saturated heterocycles. The molecule has 3 heteroatoms. The number of carbonyl (C=O) groups is 1. The van der Waals surface area contributed by atoms with Crippen LogP contribution in [-0.2, 0) is 11.2 Å². The van der Waals surface area contributed by atoms with Gasteiger partial charge in [-0.25, -0.2) is 0 Å². The fraction of sp³-hybridized carbons (Fsp3) is 0.250. The lowest BCUT2D eigenvalue weighted by Gasteiger charge is -2.08. The summed E-state index contributed by atoms with van der Waals surface area (Å²) in [5.74, 6) is 0.693. The fourth-order valence-electron chi connectivity index (χ4n) is 1.32. The number of amides is 1. The van der Waals surface area contributed by atoms with Crippen LogP contribution in [0.15, 0.2) is 24.8 Å². The lowest BCUT2D eigenvalue weighted by molar-refractivity contribution is -0.119. The fourth-order valence-corrected chi connectivity index (χ4v) is 1.32. The Morgan fingerprint density at radius 1 is 1.60 bits per heavy atom. The average molecular weight is 205 g/mol. The van der Waals surface area contributed by atoms with Gasteiger partial charge >= 0.3 is 0 Å². The Kier molecular flexibility index (Phi) is 3.92. The molecule has 3 nitrogen and oxygen atoms in total. The minimum absolute atomic E-state index is 0.0329. The molecule has 0 atom stereocenters. The second-order valence-electron chi connectivity index (χ2n) is 3.13. The van der Waals surface area contributed by atoms with Crippen LogP contribution >= 0.6 is 0 Å².